The topological polar surface area (TPSA) is 29.9 Å². The van der Waals surface area contributed by atoms with E-state index >= 15 is 0 Å². The molecule has 16 heavy (non-hydrogen) atoms. The van der Waals surface area contributed by atoms with Gasteiger partial charge in [0, 0.05) is 24.7 Å². The van der Waals surface area contributed by atoms with E-state index < -0.39 is 0 Å². The van der Waals surface area contributed by atoms with Gasteiger partial charge in [-0.05, 0) is 37.8 Å². The SMILES string of the molecule is Cl.Cn1ccnc1SC1C[C@H]2CNC[C@H]2C1. The lowest BCUT2D eigenvalue weighted by molar-refractivity contribution is 0.494. The minimum Gasteiger partial charge on any atom is -0.329 e. The predicted molar refractivity (Wildman–Crippen MR) is 69.2 cm³/mol. The fraction of sp³-hybridized carbons (Fsp3) is 0.727. The van der Waals surface area contributed by atoms with E-state index in [2.05, 4.69) is 21.9 Å². The van der Waals surface area contributed by atoms with Gasteiger partial charge >= 0.3 is 0 Å². The Hall–Kier alpha value is -0.190. The third-order valence-corrected chi connectivity index (χ3v) is 4.98. The Bertz CT molecular complexity index is 343. The largest absolute Gasteiger partial charge is 0.329 e. The average Bonchev–Trinajstić information content (AvgIpc) is 2.83. The Morgan fingerprint density at radius 2 is 2.06 bits per heavy atom. The van der Waals surface area contributed by atoms with Gasteiger partial charge in [0.1, 0.15) is 0 Å². The molecule has 1 aliphatic carbocycles. The second-order valence-corrected chi connectivity index (χ2v) is 5.98. The lowest BCUT2D eigenvalue weighted by Crippen LogP contribution is -2.12. The molecular weight excluding hydrogens is 242 g/mol. The smallest absolute Gasteiger partial charge is 0.167 e. The van der Waals surface area contributed by atoms with Crippen molar-refractivity contribution in [1.82, 2.24) is 14.9 Å². The molecule has 1 aromatic rings. The highest BCUT2D eigenvalue weighted by Crippen LogP contribution is 2.42. The maximum atomic E-state index is 4.38. The minimum atomic E-state index is 0. The van der Waals surface area contributed by atoms with Gasteiger partial charge in [-0.15, -0.1) is 12.4 Å². The van der Waals surface area contributed by atoms with E-state index in [9.17, 15) is 0 Å². The number of rotatable bonds is 2. The molecule has 1 unspecified atom stereocenters. The first kappa shape index (κ1) is 12.3. The molecule has 5 heteroatoms. The van der Waals surface area contributed by atoms with Crippen LogP contribution in [0.5, 0.6) is 0 Å². The van der Waals surface area contributed by atoms with Gasteiger partial charge in [-0.2, -0.15) is 0 Å². The predicted octanol–water partition coefficient (Wildman–Crippen LogP) is 1.93. The second kappa shape index (κ2) is 4.98. The number of thioether (sulfide) groups is 1. The van der Waals surface area contributed by atoms with Gasteiger partial charge < -0.3 is 9.88 Å². The number of nitrogens with one attached hydrogen (secondary N) is 1. The van der Waals surface area contributed by atoms with Gasteiger partial charge in [0.25, 0.3) is 0 Å². The lowest BCUT2D eigenvalue weighted by Gasteiger charge is -2.10. The maximum Gasteiger partial charge on any atom is 0.167 e. The highest BCUT2D eigenvalue weighted by atomic mass is 35.5. The van der Waals surface area contributed by atoms with Crippen molar-refractivity contribution in [3.8, 4) is 0 Å². The quantitative estimate of drug-likeness (QED) is 0.880. The molecule has 1 saturated heterocycles. The van der Waals surface area contributed by atoms with E-state index in [1.165, 1.54) is 31.1 Å². The molecule has 2 aliphatic rings. The summed E-state index contributed by atoms with van der Waals surface area (Å²) in [5.41, 5.74) is 0. The molecule has 1 aliphatic heterocycles. The number of hydrogen-bond acceptors (Lipinski definition) is 3. The zero-order valence-electron chi connectivity index (χ0n) is 9.43. The van der Waals surface area contributed by atoms with Crippen LogP contribution in [-0.2, 0) is 7.05 Å². The summed E-state index contributed by atoms with van der Waals surface area (Å²) in [4.78, 5) is 4.38. The summed E-state index contributed by atoms with van der Waals surface area (Å²) < 4.78 is 2.12. The van der Waals surface area contributed by atoms with Crippen molar-refractivity contribution in [2.24, 2.45) is 18.9 Å². The summed E-state index contributed by atoms with van der Waals surface area (Å²) >= 11 is 1.97. The van der Waals surface area contributed by atoms with Crippen LogP contribution in [0.3, 0.4) is 0 Å². The molecule has 1 N–H and O–H groups in total. The zero-order chi connectivity index (χ0) is 10.3. The fourth-order valence-electron chi connectivity index (χ4n) is 2.82. The van der Waals surface area contributed by atoms with Crippen LogP contribution in [0.2, 0.25) is 0 Å². The first-order chi connectivity index (χ1) is 7.33. The summed E-state index contributed by atoms with van der Waals surface area (Å²) in [7, 11) is 2.08. The second-order valence-electron chi connectivity index (χ2n) is 4.71. The van der Waals surface area contributed by atoms with E-state index in [-0.39, 0.29) is 12.4 Å². The summed E-state index contributed by atoms with van der Waals surface area (Å²) in [6.45, 7) is 2.48. The summed E-state index contributed by atoms with van der Waals surface area (Å²) in [5.74, 6) is 1.87. The molecule has 3 rings (SSSR count). The van der Waals surface area contributed by atoms with Crippen LogP contribution in [0.4, 0.5) is 0 Å². The molecule has 2 heterocycles. The van der Waals surface area contributed by atoms with Crippen LogP contribution in [0, 0.1) is 11.8 Å². The molecule has 0 radical (unpaired) electrons. The Balaban J connectivity index is 0.000000963. The van der Waals surface area contributed by atoms with E-state index in [1.807, 2.05) is 24.2 Å². The van der Waals surface area contributed by atoms with Gasteiger partial charge in [0.15, 0.2) is 5.16 Å². The van der Waals surface area contributed by atoms with Crippen LogP contribution in [0.15, 0.2) is 17.6 Å². The summed E-state index contributed by atoms with van der Waals surface area (Å²) in [5, 5.41) is 5.45. The van der Waals surface area contributed by atoms with Crippen molar-refractivity contribution >= 4 is 24.2 Å². The first-order valence-electron chi connectivity index (χ1n) is 5.67. The van der Waals surface area contributed by atoms with Gasteiger partial charge in [-0.3, -0.25) is 0 Å². The highest BCUT2D eigenvalue weighted by molar-refractivity contribution is 7.99. The molecule has 0 spiro atoms. The molecule has 3 nitrogen and oxygen atoms in total. The number of halogens is 1. The number of fused-ring (bicyclic) bond motifs is 1. The molecule has 90 valence electrons. The van der Waals surface area contributed by atoms with E-state index in [0.29, 0.717) is 0 Å². The van der Waals surface area contributed by atoms with Gasteiger partial charge in [-0.25, -0.2) is 4.98 Å². The van der Waals surface area contributed by atoms with Crippen molar-refractivity contribution in [2.75, 3.05) is 13.1 Å². The summed E-state index contributed by atoms with van der Waals surface area (Å²) in [6, 6.07) is 0. The van der Waals surface area contributed by atoms with Crippen molar-refractivity contribution in [3.63, 3.8) is 0 Å². The van der Waals surface area contributed by atoms with Gasteiger partial charge in [0.2, 0.25) is 0 Å². The Kier molecular flexibility index (Phi) is 3.82. The Labute approximate surface area is 107 Å². The van der Waals surface area contributed by atoms with Crippen molar-refractivity contribution in [1.29, 1.82) is 0 Å². The maximum absolute atomic E-state index is 4.38. The van der Waals surface area contributed by atoms with Crippen molar-refractivity contribution < 1.29 is 0 Å². The third-order valence-electron chi connectivity index (χ3n) is 3.66. The number of hydrogen-bond donors (Lipinski definition) is 1. The lowest BCUT2D eigenvalue weighted by atomic mass is 10.0. The molecule has 1 saturated carbocycles. The molecule has 0 aromatic carbocycles. The monoisotopic (exact) mass is 259 g/mol. The first-order valence-corrected chi connectivity index (χ1v) is 6.55. The van der Waals surface area contributed by atoms with Gasteiger partial charge in [-0.1, -0.05) is 11.8 Å². The molecule has 0 bridgehead atoms. The van der Waals surface area contributed by atoms with Crippen molar-refractivity contribution in [3.05, 3.63) is 12.4 Å². The number of nitrogens with zero attached hydrogens (tertiary/aromatic N) is 2. The summed E-state index contributed by atoms with van der Waals surface area (Å²) in [6.07, 6.45) is 6.66. The van der Waals surface area contributed by atoms with Gasteiger partial charge in [0.05, 0.1) is 0 Å². The van der Waals surface area contributed by atoms with E-state index in [1.54, 1.807) is 0 Å². The van der Waals surface area contributed by atoms with Crippen LogP contribution in [-0.4, -0.2) is 27.9 Å². The standard InChI is InChI=1S/C11H17N3S.ClH/c1-14-3-2-13-11(14)15-10-4-8-6-12-7-9(8)5-10;/h2-3,8-10,12H,4-7H2,1H3;1H/t8-,9+,10?;. The number of imidazole rings is 1. The Morgan fingerprint density at radius 3 is 2.62 bits per heavy atom. The van der Waals surface area contributed by atoms with Crippen LogP contribution < -0.4 is 5.32 Å². The average molecular weight is 260 g/mol. The molecular formula is C11H18ClN3S. The zero-order valence-corrected chi connectivity index (χ0v) is 11.1. The van der Waals surface area contributed by atoms with E-state index in [0.717, 1.165) is 17.1 Å². The highest BCUT2D eigenvalue weighted by Gasteiger charge is 2.37. The van der Waals surface area contributed by atoms with E-state index in [4.69, 9.17) is 0 Å². The molecule has 0 amide bonds. The van der Waals surface area contributed by atoms with Crippen LogP contribution >= 0.6 is 24.2 Å². The third kappa shape index (κ3) is 2.24. The minimum absolute atomic E-state index is 0. The molecule has 1 aromatic heterocycles. The Morgan fingerprint density at radius 1 is 1.38 bits per heavy atom. The molecule has 2 fully saturated rings. The van der Waals surface area contributed by atoms with Crippen LogP contribution in [0.1, 0.15) is 12.8 Å². The molecule has 3 atom stereocenters. The number of aromatic nitrogens is 2. The van der Waals surface area contributed by atoms with Crippen molar-refractivity contribution in [2.45, 2.75) is 23.2 Å². The number of aryl methyl sites for hydroxylation is 1. The fourth-order valence-corrected chi connectivity index (χ4v) is 4.16. The van der Waals surface area contributed by atoms with Crippen LogP contribution in [0.25, 0.3) is 0 Å². The normalized spacial score (nSPS) is 32.4.